The average molecular weight is 1380 g/mol. The lowest BCUT2D eigenvalue weighted by atomic mass is 10.2. The average Bonchev–Trinajstić information content (AvgIpc) is 1.65. The molecular formula is C83H72Cl4N12. The van der Waals surface area contributed by atoms with Crippen molar-refractivity contribution in [1.29, 1.82) is 0 Å². The second-order valence-electron chi connectivity index (χ2n) is 24.5. The summed E-state index contributed by atoms with van der Waals surface area (Å²) in [6.45, 7) is 14.7. The summed E-state index contributed by atoms with van der Waals surface area (Å²) in [5.74, 6) is 0. The van der Waals surface area contributed by atoms with E-state index in [1.165, 1.54) is 87.4 Å². The van der Waals surface area contributed by atoms with Gasteiger partial charge in [0.05, 0.1) is 62.7 Å². The quantitative estimate of drug-likeness (QED) is 0.128. The number of hydrogen-bond acceptors (Lipinski definition) is 6. The van der Waals surface area contributed by atoms with Crippen LogP contribution in [-0.4, -0.2) is 57.3 Å². The van der Waals surface area contributed by atoms with Gasteiger partial charge in [0.15, 0.2) is 15.5 Å². The van der Waals surface area contributed by atoms with E-state index in [4.69, 9.17) is 46.4 Å². The summed E-state index contributed by atoms with van der Waals surface area (Å²) >= 11 is 24.5. The third-order valence-electron chi connectivity index (χ3n) is 18.1. The first-order valence-corrected chi connectivity index (χ1v) is 34.2. The molecule has 0 unspecified atom stereocenters. The fourth-order valence-corrected chi connectivity index (χ4v) is 14.7. The second-order valence-corrected chi connectivity index (χ2v) is 26.0. The Morgan fingerprint density at radius 3 is 1.41 bits per heavy atom. The predicted molar refractivity (Wildman–Crippen MR) is 422 cm³/mol. The minimum absolute atomic E-state index is 0.425. The van der Waals surface area contributed by atoms with E-state index >= 15 is 0 Å². The normalized spacial score (nSPS) is 11.9. The Bertz CT molecular complexity index is 6050. The number of hydrogen-bond donors (Lipinski definition) is 0. The maximum Gasteiger partial charge on any atom is 0.155 e. The Balaban J connectivity index is 0.000000107. The highest BCUT2D eigenvalue weighted by atomic mass is 35.5. The van der Waals surface area contributed by atoms with Crippen molar-refractivity contribution >= 4 is 189 Å². The van der Waals surface area contributed by atoms with Gasteiger partial charge in [0.2, 0.25) is 0 Å². The monoisotopic (exact) mass is 1380 g/mol. The zero-order valence-electron chi connectivity index (χ0n) is 56.6. The van der Waals surface area contributed by atoms with Gasteiger partial charge in [0.1, 0.15) is 5.15 Å². The number of rotatable bonds is 4. The number of nitrogens with zero attached hydrogens (tertiary/aromatic N) is 12. The summed E-state index contributed by atoms with van der Waals surface area (Å²) < 4.78 is 13.0. The highest BCUT2D eigenvalue weighted by Crippen LogP contribution is 2.37. The molecule has 18 aromatic rings. The molecule has 99 heavy (non-hydrogen) atoms. The molecule has 0 aliphatic carbocycles. The maximum absolute atomic E-state index is 6.31. The van der Waals surface area contributed by atoms with Crippen molar-refractivity contribution in [3.8, 4) is 0 Å². The fourth-order valence-electron chi connectivity index (χ4n) is 13.6. The van der Waals surface area contributed by atoms with Crippen molar-refractivity contribution in [2.24, 2.45) is 21.1 Å². The van der Waals surface area contributed by atoms with E-state index in [1.54, 1.807) is 12.4 Å². The van der Waals surface area contributed by atoms with Gasteiger partial charge >= 0.3 is 0 Å². The Morgan fingerprint density at radius 1 is 0.404 bits per heavy atom. The van der Waals surface area contributed by atoms with Crippen LogP contribution in [-0.2, 0) is 21.1 Å². The first-order valence-electron chi connectivity index (χ1n) is 32.7. The standard InChI is InChI=1S/C17H15ClN2.C15H16N2.C15H14N2.C12H8Cl2N2.C12H9ClN2.C12H10N2/c1-3-6-12(2)11-20-15-8-5-4-7-13(15)14-9-10-19-17(18)16(14)20;1-10(2)17-14-7-5-4-6-12(14)13-8-11(3)16-9-15(13)17;1-3-11(2)17-14-7-5-4-6-12(14)13-8-9-16-10-15(13)17;1-16-9-5-3-2-4-7(9)8-6-10(13)15-12(14)11(8)16;1-15-10-5-3-2-4-8(10)9-6-7-14-12(13)11(9)15;1-14-11-5-3-2-4-9(11)10-6-7-13-8-12(10)14/h3-11H,1-2H3;4-10H,1-3H3;3-10H,1-2H3;2-6H,1H3;2-7H,1H3;2-8H,1H3/b6-3+,12-11-;;11-3+;;;. The van der Waals surface area contributed by atoms with E-state index in [1.807, 2.05) is 124 Å². The van der Waals surface area contributed by atoms with Crippen LogP contribution in [0.1, 0.15) is 53.3 Å². The van der Waals surface area contributed by atoms with E-state index in [2.05, 4.69) is 240 Å². The summed E-state index contributed by atoms with van der Waals surface area (Å²) in [5, 5.41) is 16.6. The fraction of sp³-hybridized carbons (Fsp3) is 0.133. The van der Waals surface area contributed by atoms with Gasteiger partial charge in [-0.1, -0.05) is 174 Å². The number of allylic oxidation sites excluding steroid dienone is 5. The van der Waals surface area contributed by atoms with Gasteiger partial charge in [-0.15, -0.1) is 0 Å². The summed E-state index contributed by atoms with van der Waals surface area (Å²) in [4.78, 5) is 25.2. The van der Waals surface area contributed by atoms with Crippen LogP contribution in [0, 0.1) is 6.92 Å². The van der Waals surface area contributed by atoms with Crippen molar-refractivity contribution < 1.29 is 0 Å². The summed E-state index contributed by atoms with van der Waals surface area (Å²) in [7, 11) is 6.07. The molecule has 0 spiro atoms. The van der Waals surface area contributed by atoms with Gasteiger partial charge in [0, 0.05) is 156 Å². The molecular weight excluding hydrogens is 1310 g/mol. The van der Waals surface area contributed by atoms with Crippen molar-refractivity contribution in [2.75, 3.05) is 0 Å². The third kappa shape index (κ3) is 12.8. The van der Waals surface area contributed by atoms with E-state index < -0.39 is 0 Å². The van der Waals surface area contributed by atoms with Crippen molar-refractivity contribution in [1.82, 2.24) is 57.3 Å². The Kier molecular flexibility index (Phi) is 19.5. The number of fused-ring (bicyclic) bond motifs is 18. The van der Waals surface area contributed by atoms with E-state index in [-0.39, 0.29) is 0 Å². The third-order valence-corrected chi connectivity index (χ3v) is 19.1. The van der Waals surface area contributed by atoms with Crippen molar-refractivity contribution in [2.45, 2.75) is 54.5 Å². The van der Waals surface area contributed by atoms with Crippen LogP contribution in [0.25, 0.3) is 143 Å². The molecule has 0 saturated carbocycles. The molecule has 0 fully saturated rings. The van der Waals surface area contributed by atoms with Crippen LogP contribution in [0.3, 0.4) is 0 Å². The van der Waals surface area contributed by atoms with Gasteiger partial charge < -0.3 is 27.4 Å². The molecule has 0 bridgehead atoms. The van der Waals surface area contributed by atoms with Gasteiger partial charge in [-0.25, -0.2) is 15.0 Å². The zero-order chi connectivity index (χ0) is 69.2. The Labute approximate surface area is 593 Å². The zero-order valence-corrected chi connectivity index (χ0v) is 59.7. The number of aryl methyl sites for hydroxylation is 4. The van der Waals surface area contributed by atoms with Crippen LogP contribution >= 0.6 is 46.4 Å². The highest BCUT2D eigenvalue weighted by molar-refractivity contribution is 6.38. The molecule has 6 aromatic carbocycles. The minimum Gasteiger partial charge on any atom is -0.342 e. The summed E-state index contributed by atoms with van der Waals surface area (Å²) in [5.41, 5.74) is 17.2. The van der Waals surface area contributed by atoms with Gasteiger partial charge in [-0.2, -0.15) is 0 Å². The summed E-state index contributed by atoms with van der Waals surface area (Å²) in [6, 6.07) is 62.8. The number of aromatic nitrogens is 12. The topological polar surface area (TPSA) is 107 Å². The van der Waals surface area contributed by atoms with Crippen LogP contribution < -0.4 is 0 Å². The SMILES string of the molecule is C/C=C(\C)n1c2ccccc2c2ccncc21.C/C=C/C(C)=C\n1c2ccccc2c2ccnc(Cl)c21.Cc1cc2c3ccccc3n(C(C)C)c2cn1.Cn1c2ccccc2c2cc(Cl)nc(Cl)c21.Cn1c2ccccc2c2ccnc(Cl)c21.Cn1c2ccccc2c2ccncc21. The molecule has 0 N–H and O–H groups in total. The largest absolute Gasteiger partial charge is 0.342 e. The van der Waals surface area contributed by atoms with Gasteiger partial charge in [0.25, 0.3) is 0 Å². The van der Waals surface area contributed by atoms with Gasteiger partial charge in [-0.05, 0) is 127 Å². The molecule has 0 amide bonds. The summed E-state index contributed by atoms with van der Waals surface area (Å²) in [6.07, 6.45) is 21.4. The molecule has 12 heterocycles. The molecule has 0 aliphatic heterocycles. The van der Waals surface area contributed by atoms with Crippen LogP contribution in [0.15, 0.2) is 249 Å². The van der Waals surface area contributed by atoms with Crippen LogP contribution in [0.2, 0.25) is 20.6 Å². The second kappa shape index (κ2) is 28.8. The molecule has 0 atom stereocenters. The van der Waals surface area contributed by atoms with E-state index in [0.717, 1.165) is 60.4 Å². The lowest BCUT2D eigenvalue weighted by Gasteiger charge is -2.10. The molecule has 18 rings (SSSR count). The van der Waals surface area contributed by atoms with Crippen molar-refractivity contribution in [3.05, 3.63) is 275 Å². The van der Waals surface area contributed by atoms with Crippen LogP contribution in [0.5, 0.6) is 0 Å². The maximum atomic E-state index is 6.31. The number of para-hydroxylation sites is 6. The smallest absolute Gasteiger partial charge is 0.155 e. The molecule has 0 saturated heterocycles. The molecule has 492 valence electrons. The minimum atomic E-state index is 0.425. The van der Waals surface area contributed by atoms with Crippen molar-refractivity contribution in [3.63, 3.8) is 0 Å². The molecule has 12 nitrogen and oxygen atoms in total. The molecule has 16 heteroatoms. The Morgan fingerprint density at radius 2 is 0.838 bits per heavy atom. The lowest BCUT2D eigenvalue weighted by molar-refractivity contribution is 0.641. The van der Waals surface area contributed by atoms with E-state index in [0.29, 0.717) is 26.7 Å². The van der Waals surface area contributed by atoms with Crippen LogP contribution in [0.4, 0.5) is 0 Å². The van der Waals surface area contributed by atoms with Gasteiger partial charge in [-0.3, -0.25) is 15.0 Å². The predicted octanol–water partition coefficient (Wildman–Crippen LogP) is 23.6. The molecule has 0 aliphatic rings. The first-order chi connectivity index (χ1) is 48.1. The number of pyridine rings is 6. The lowest BCUT2D eigenvalue weighted by Crippen LogP contribution is -1.99. The molecule has 0 radical (unpaired) electrons. The Hall–Kier alpha value is -10.6. The first kappa shape index (κ1) is 67.0. The van der Waals surface area contributed by atoms with E-state index in [9.17, 15) is 0 Å². The number of halogens is 4. The molecule has 12 aromatic heterocycles. The highest BCUT2D eigenvalue weighted by Gasteiger charge is 2.17. The number of benzene rings is 6.